The molecule has 0 aliphatic carbocycles. The molecule has 1 aliphatic heterocycles. The van der Waals surface area contributed by atoms with Crippen LogP contribution in [0.3, 0.4) is 0 Å². The van der Waals surface area contributed by atoms with Crippen LogP contribution in [-0.2, 0) is 4.74 Å². The molecule has 14 heavy (non-hydrogen) atoms. The summed E-state index contributed by atoms with van der Waals surface area (Å²) in [6.45, 7) is 9.44. The molecule has 0 aromatic heterocycles. The highest BCUT2D eigenvalue weighted by Crippen LogP contribution is 2.10. The van der Waals surface area contributed by atoms with Crippen molar-refractivity contribution in [1.82, 2.24) is 4.90 Å². The van der Waals surface area contributed by atoms with E-state index < -0.39 is 0 Å². The van der Waals surface area contributed by atoms with Crippen LogP contribution < -0.4 is 5.73 Å². The third-order valence-electron chi connectivity index (χ3n) is 3.09. The third kappa shape index (κ3) is 3.95. The van der Waals surface area contributed by atoms with Gasteiger partial charge in [-0.3, -0.25) is 4.90 Å². The van der Waals surface area contributed by atoms with Crippen LogP contribution in [0.5, 0.6) is 0 Å². The highest BCUT2D eigenvalue weighted by Gasteiger charge is 2.16. The van der Waals surface area contributed by atoms with Crippen LogP contribution >= 0.6 is 0 Å². The van der Waals surface area contributed by atoms with Crippen LogP contribution in [-0.4, -0.2) is 43.8 Å². The Labute approximate surface area is 87.6 Å². The van der Waals surface area contributed by atoms with Crippen molar-refractivity contribution in [3.63, 3.8) is 0 Å². The highest BCUT2D eigenvalue weighted by atomic mass is 16.5. The van der Waals surface area contributed by atoms with E-state index in [9.17, 15) is 0 Å². The second kappa shape index (κ2) is 6.38. The summed E-state index contributed by atoms with van der Waals surface area (Å²) in [7, 11) is 0. The Balaban J connectivity index is 2.16. The summed E-state index contributed by atoms with van der Waals surface area (Å²) in [4.78, 5) is 2.49. The Hall–Kier alpha value is -0.120. The van der Waals surface area contributed by atoms with Gasteiger partial charge in [-0.25, -0.2) is 0 Å². The Morgan fingerprint density at radius 1 is 1.57 bits per heavy atom. The first-order valence-corrected chi connectivity index (χ1v) is 5.80. The molecule has 2 unspecified atom stereocenters. The number of hydrogen-bond donors (Lipinski definition) is 1. The minimum absolute atomic E-state index is 0.404. The smallest absolute Gasteiger partial charge is 0.0674 e. The summed E-state index contributed by atoms with van der Waals surface area (Å²) < 4.78 is 5.50. The second-order valence-electron chi connectivity index (χ2n) is 4.28. The predicted molar refractivity (Wildman–Crippen MR) is 59.3 cm³/mol. The van der Waals surface area contributed by atoms with Crippen molar-refractivity contribution in [2.75, 3.05) is 32.8 Å². The molecule has 1 heterocycles. The molecule has 0 spiro atoms. The van der Waals surface area contributed by atoms with E-state index in [0.717, 1.165) is 26.2 Å². The Morgan fingerprint density at radius 2 is 2.36 bits per heavy atom. The summed E-state index contributed by atoms with van der Waals surface area (Å²) in [6.07, 6.45) is 2.84. The number of hydrogen-bond acceptors (Lipinski definition) is 3. The van der Waals surface area contributed by atoms with Crippen molar-refractivity contribution in [3.05, 3.63) is 0 Å². The normalized spacial score (nSPS) is 26.4. The fourth-order valence-electron chi connectivity index (χ4n) is 1.95. The van der Waals surface area contributed by atoms with Gasteiger partial charge in [-0.2, -0.15) is 0 Å². The van der Waals surface area contributed by atoms with Gasteiger partial charge in [-0.1, -0.05) is 13.3 Å². The van der Waals surface area contributed by atoms with E-state index >= 15 is 0 Å². The molecule has 0 aromatic carbocycles. The lowest BCUT2D eigenvalue weighted by molar-refractivity contribution is -0.0196. The summed E-state index contributed by atoms with van der Waals surface area (Å²) >= 11 is 0. The van der Waals surface area contributed by atoms with Gasteiger partial charge < -0.3 is 10.5 Å². The minimum Gasteiger partial charge on any atom is -0.376 e. The number of rotatable bonds is 5. The maximum Gasteiger partial charge on any atom is 0.0674 e. The molecule has 1 fully saturated rings. The molecule has 2 atom stereocenters. The first kappa shape index (κ1) is 12.0. The second-order valence-corrected chi connectivity index (χ2v) is 4.28. The first-order valence-electron chi connectivity index (χ1n) is 5.80. The molecule has 3 heteroatoms. The third-order valence-corrected chi connectivity index (χ3v) is 3.09. The molecule has 1 aliphatic rings. The molecule has 1 saturated heterocycles. The van der Waals surface area contributed by atoms with E-state index in [4.69, 9.17) is 10.5 Å². The molecule has 2 N–H and O–H groups in total. The van der Waals surface area contributed by atoms with Gasteiger partial charge in [0.1, 0.15) is 0 Å². The van der Waals surface area contributed by atoms with Gasteiger partial charge in [-0.05, 0) is 32.4 Å². The molecule has 0 aromatic rings. The molecule has 0 radical (unpaired) electrons. The van der Waals surface area contributed by atoms with E-state index in [1.807, 2.05) is 0 Å². The average molecular weight is 200 g/mol. The summed E-state index contributed by atoms with van der Waals surface area (Å²) in [5, 5.41) is 0. The molecule has 84 valence electrons. The number of nitrogens with two attached hydrogens (primary N) is 1. The van der Waals surface area contributed by atoms with Crippen LogP contribution in [0.4, 0.5) is 0 Å². The van der Waals surface area contributed by atoms with Crippen LogP contribution in [0.15, 0.2) is 0 Å². The molecule has 0 amide bonds. The number of nitrogens with zero attached hydrogens (tertiary/aromatic N) is 1. The zero-order valence-corrected chi connectivity index (χ0v) is 9.54. The van der Waals surface area contributed by atoms with Crippen molar-refractivity contribution < 1.29 is 4.74 Å². The lowest BCUT2D eigenvalue weighted by Crippen LogP contribution is -2.42. The van der Waals surface area contributed by atoms with Gasteiger partial charge in [0.2, 0.25) is 0 Å². The van der Waals surface area contributed by atoms with Gasteiger partial charge in [0.15, 0.2) is 0 Å². The van der Waals surface area contributed by atoms with Crippen molar-refractivity contribution in [2.24, 2.45) is 11.7 Å². The molecular formula is C11H24N2O. The number of morpholine rings is 1. The fourth-order valence-corrected chi connectivity index (χ4v) is 1.95. The summed E-state index contributed by atoms with van der Waals surface area (Å²) in [5.74, 6) is 0.702. The standard InChI is InChI=1S/C11H24N2O/c1-3-11(8-12)4-5-13-6-7-14-10(2)9-13/h10-11H,3-9,12H2,1-2H3. The summed E-state index contributed by atoms with van der Waals surface area (Å²) in [5.41, 5.74) is 5.68. The van der Waals surface area contributed by atoms with Crippen LogP contribution in [0, 0.1) is 5.92 Å². The lowest BCUT2D eigenvalue weighted by Gasteiger charge is -2.31. The zero-order chi connectivity index (χ0) is 10.4. The van der Waals surface area contributed by atoms with Gasteiger partial charge in [0.05, 0.1) is 12.7 Å². The molecule has 1 rings (SSSR count). The maximum atomic E-state index is 5.68. The quantitative estimate of drug-likeness (QED) is 0.722. The fraction of sp³-hybridized carbons (Fsp3) is 1.00. The molecular weight excluding hydrogens is 176 g/mol. The Bertz CT molecular complexity index is 148. The average Bonchev–Trinajstić information content (AvgIpc) is 2.19. The lowest BCUT2D eigenvalue weighted by atomic mass is 10.0. The van der Waals surface area contributed by atoms with E-state index in [0.29, 0.717) is 12.0 Å². The van der Waals surface area contributed by atoms with Crippen LogP contribution in [0.1, 0.15) is 26.7 Å². The van der Waals surface area contributed by atoms with E-state index in [1.54, 1.807) is 0 Å². The molecule has 0 bridgehead atoms. The Kier molecular flexibility index (Phi) is 5.45. The van der Waals surface area contributed by atoms with Crippen molar-refractivity contribution >= 4 is 0 Å². The minimum atomic E-state index is 0.404. The molecule has 3 nitrogen and oxygen atoms in total. The first-order chi connectivity index (χ1) is 6.76. The zero-order valence-electron chi connectivity index (χ0n) is 9.54. The largest absolute Gasteiger partial charge is 0.376 e. The summed E-state index contributed by atoms with van der Waals surface area (Å²) in [6, 6.07) is 0. The van der Waals surface area contributed by atoms with Gasteiger partial charge in [0.25, 0.3) is 0 Å². The van der Waals surface area contributed by atoms with Crippen molar-refractivity contribution in [1.29, 1.82) is 0 Å². The SMILES string of the molecule is CCC(CN)CCN1CCOC(C)C1. The van der Waals surface area contributed by atoms with Gasteiger partial charge in [0, 0.05) is 13.1 Å². The monoisotopic (exact) mass is 200 g/mol. The maximum absolute atomic E-state index is 5.68. The van der Waals surface area contributed by atoms with Crippen molar-refractivity contribution in [2.45, 2.75) is 32.8 Å². The van der Waals surface area contributed by atoms with Gasteiger partial charge >= 0.3 is 0 Å². The predicted octanol–water partition coefficient (Wildman–Crippen LogP) is 1.08. The van der Waals surface area contributed by atoms with Crippen LogP contribution in [0.2, 0.25) is 0 Å². The Morgan fingerprint density at radius 3 is 2.93 bits per heavy atom. The van der Waals surface area contributed by atoms with E-state index in [1.165, 1.54) is 19.4 Å². The van der Waals surface area contributed by atoms with E-state index in [-0.39, 0.29) is 0 Å². The van der Waals surface area contributed by atoms with Crippen molar-refractivity contribution in [3.8, 4) is 0 Å². The highest BCUT2D eigenvalue weighted by molar-refractivity contribution is 4.69. The van der Waals surface area contributed by atoms with Gasteiger partial charge in [-0.15, -0.1) is 0 Å². The van der Waals surface area contributed by atoms with Crippen LogP contribution in [0.25, 0.3) is 0 Å². The molecule has 0 saturated carbocycles. The van der Waals surface area contributed by atoms with E-state index in [2.05, 4.69) is 18.7 Å². The number of ether oxygens (including phenoxy) is 1. The topological polar surface area (TPSA) is 38.5 Å².